The first kappa shape index (κ1) is 17.0. The number of para-hydroxylation sites is 1. The van der Waals surface area contributed by atoms with Gasteiger partial charge in [-0.2, -0.15) is 0 Å². The molecule has 0 aliphatic heterocycles. The van der Waals surface area contributed by atoms with Gasteiger partial charge in [0.15, 0.2) is 0 Å². The number of methoxy groups -OCH3 is 1. The largest absolute Gasteiger partial charge is 0.497 e. The van der Waals surface area contributed by atoms with E-state index in [9.17, 15) is 9.59 Å². The molecule has 120 valence electrons. The number of halogens is 1. The smallest absolute Gasteiger partial charge is 0.244 e. The van der Waals surface area contributed by atoms with Crippen LogP contribution in [-0.4, -0.2) is 25.5 Å². The number of anilines is 2. The fraction of sp³-hybridized carbons (Fsp3) is 0.176. The van der Waals surface area contributed by atoms with Gasteiger partial charge in [0.1, 0.15) is 12.3 Å². The average molecular weight is 377 g/mol. The Balaban J connectivity index is 2.14. The van der Waals surface area contributed by atoms with Crippen LogP contribution < -0.4 is 15.0 Å². The molecule has 0 spiro atoms. The van der Waals surface area contributed by atoms with Gasteiger partial charge in [-0.3, -0.25) is 9.59 Å². The first-order valence-electron chi connectivity index (χ1n) is 6.98. The van der Waals surface area contributed by atoms with Crippen LogP contribution in [0.5, 0.6) is 5.75 Å². The number of benzene rings is 2. The van der Waals surface area contributed by atoms with Crippen LogP contribution in [0.15, 0.2) is 53.0 Å². The highest BCUT2D eigenvalue weighted by molar-refractivity contribution is 9.10. The summed E-state index contributed by atoms with van der Waals surface area (Å²) in [5, 5.41) is 2.78. The van der Waals surface area contributed by atoms with Crippen molar-refractivity contribution in [3.63, 3.8) is 0 Å². The molecule has 0 aromatic heterocycles. The molecule has 0 fully saturated rings. The highest BCUT2D eigenvalue weighted by atomic mass is 79.9. The second-order valence-corrected chi connectivity index (χ2v) is 5.69. The molecule has 2 aromatic rings. The number of ether oxygens (including phenoxy) is 1. The maximum atomic E-state index is 12.3. The monoisotopic (exact) mass is 376 g/mol. The highest BCUT2D eigenvalue weighted by Crippen LogP contribution is 2.23. The van der Waals surface area contributed by atoms with Gasteiger partial charge in [-0.25, -0.2) is 0 Å². The molecule has 0 saturated heterocycles. The van der Waals surface area contributed by atoms with Gasteiger partial charge in [0.25, 0.3) is 0 Å². The molecule has 2 aromatic carbocycles. The molecule has 0 aliphatic carbocycles. The Morgan fingerprint density at radius 3 is 2.57 bits per heavy atom. The first-order valence-corrected chi connectivity index (χ1v) is 7.77. The topological polar surface area (TPSA) is 58.6 Å². The fourth-order valence-corrected chi connectivity index (χ4v) is 2.44. The average Bonchev–Trinajstić information content (AvgIpc) is 2.54. The lowest BCUT2D eigenvalue weighted by Crippen LogP contribution is -2.36. The zero-order chi connectivity index (χ0) is 16.8. The number of nitrogens with one attached hydrogen (secondary N) is 1. The van der Waals surface area contributed by atoms with Crippen molar-refractivity contribution in [1.29, 1.82) is 0 Å². The second kappa shape index (κ2) is 7.78. The Morgan fingerprint density at radius 2 is 1.91 bits per heavy atom. The van der Waals surface area contributed by atoms with Gasteiger partial charge in [0.05, 0.1) is 12.8 Å². The highest BCUT2D eigenvalue weighted by Gasteiger charge is 2.17. The molecule has 6 heteroatoms. The third kappa shape index (κ3) is 4.56. The van der Waals surface area contributed by atoms with Crippen LogP contribution >= 0.6 is 15.9 Å². The molecule has 0 aliphatic rings. The van der Waals surface area contributed by atoms with Crippen LogP contribution in [0.1, 0.15) is 6.92 Å². The lowest BCUT2D eigenvalue weighted by Gasteiger charge is -2.21. The maximum Gasteiger partial charge on any atom is 0.244 e. The van der Waals surface area contributed by atoms with Crippen LogP contribution in [0.25, 0.3) is 0 Å². The van der Waals surface area contributed by atoms with E-state index >= 15 is 0 Å². The summed E-state index contributed by atoms with van der Waals surface area (Å²) in [6.07, 6.45) is 0. The van der Waals surface area contributed by atoms with E-state index in [-0.39, 0.29) is 18.4 Å². The summed E-state index contributed by atoms with van der Waals surface area (Å²) in [6.45, 7) is 1.34. The molecule has 5 nitrogen and oxygen atoms in total. The molecule has 0 atom stereocenters. The Kier molecular flexibility index (Phi) is 5.76. The minimum Gasteiger partial charge on any atom is -0.497 e. The molecular formula is C17H17BrN2O3. The van der Waals surface area contributed by atoms with Crippen molar-refractivity contribution < 1.29 is 14.3 Å². The Hall–Kier alpha value is -2.34. The zero-order valence-corrected chi connectivity index (χ0v) is 14.5. The molecule has 2 rings (SSSR count). The van der Waals surface area contributed by atoms with Crippen LogP contribution in [0.2, 0.25) is 0 Å². The Morgan fingerprint density at radius 1 is 1.17 bits per heavy atom. The number of hydrogen-bond donors (Lipinski definition) is 1. The van der Waals surface area contributed by atoms with Crippen molar-refractivity contribution in [2.45, 2.75) is 6.92 Å². The number of carbonyl (C=O) groups is 2. The van der Waals surface area contributed by atoms with Crippen molar-refractivity contribution in [2.24, 2.45) is 0 Å². The van der Waals surface area contributed by atoms with Crippen molar-refractivity contribution >= 4 is 39.1 Å². The molecule has 23 heavy (non-hydrogen) atoms. The summed E-state index contributed by atoms with van der Waals surface area (Å²) < 4.78 is 5.94. The zero-order valence-electron chi connectivity index (χ0n) is 12.9. The number of hydrogen-bond acceptors (Lipinski definition) is 3. The van der Waals surface area contributed by atoms with Gasteiger partial charge in [0, 0.05) is 23.2 Å². The second-order valence-electron chi connectivity index (χ2n) is 4.83. The lowest BCUT2D eigenvalue weighted by molar-refractivity contribution is -0.120. The molecule has 0 unspecified atom stereocenters. The minimum absolute atomic E-state index is 0.0795. The minimum atomic E-state index is -0.282. The summed E-state index contributed by atoms with van der Waals surface area (Å²) in [5.41, 5.74) is 1.27. The van der Waals surface area contributed by atoms with E-state index in [0.717, 1.165) is 4.47 Å². The standard InChI is InChI=1S/C17H17BrN2O3/c1-12(21)20(13-6-5-7-14(10-13)23-2)11-17(22)19-16-9-4-3-8-15(16)18/h3-10H,11H2,1-2H3,(H,19,22). The van der Waals surface area contributed by atoms with E-state index in [1.54, 1.807) is 37.4 Å². The van der Waals surface area contributed by atoms with Crippen molar-refractivity contribution in [3.05, 3.63) is 53.0 Å². The third-order valence-electron chi connectivity index (χ3n) is 3.19. The van der Waals surface area contributed by atoms with Crippen LogP contribution in [0.3, 0.4) is 0 Å². The lowest BCUT2D eigenvalue weighted by atomic mass is 10.2. The number of nitrogens with zero attached hydrogens (tertiary/aromatic N) is 1. The van der Waals surface area contributed by atoms with Crippen LogP contribution in [-0.2, 0) is 9.59 Å². The summed E-state index contributed by atoms with van der Waals surface area (Å²) >= 11 is 3.37. The van der Waals surface area contributed by atoms with Gasteiger partial charge in [-0.15, -0.1) is 0 Å². The van der Waals surface area contributed by atoms with Gasteiger partial charge >= 0.3 is 0 Å². The summed E-state index contributed by atoms with van der Waals surface area (Å²) in [4.78, 5) is 25.5. The molecule has 0 radical (unpaired) electrons. The van der Waals surface area contributed by atoms with E-state index in [1.165, 1.54) is 11.8 Å². The normalized spacial score (nSPS) is 10.0. The summed E-state index contributed by atoms with van der Waals surface area (Å²) in [5.74, 6) is 0.121. The predicted octanol–water partition coefficient (Wildman–Crippen LogP) is 3.45. The predicted molar refractivity (Wildman–Crippen MR) is 93.8 cm³/mol. The quantitative estimate of drug-likeness (QED) is 0.869. The summed E-state index contributed by atoms with van der Waals surface area (Å²) in [6, 6.07) is 14.3. The molecule has 0 saturated carbocycles. The van der Waals surface area contributed by atoms with Gasteiger partial charge in [-0.1, -0.05) is 18.2 Å². The van der Waals surface area contributed by atoms with Crippen molar-refractivity contribution in [3.8, 4) is 5.75 Å². The molecule has 2 amide bonds. The molecular weight excluding hydrogens is 360 g/mol. The Bertz CT molecular complexity index is 718. The van der Waals surface area contributed by atoms with Crippen molar-refractivity contribution in [2.75, 3.05) is 23.9 Å². The maximum absolute atomic E-state index is 12.3. The number of rotatable bonds is 5. The van der Waals surface area contributed by atoms with E-state index in [0.29, 0.717) is 17.1 Å². The Labute approximate surface area is 143 Å². The number of carbonyl (C=O) groups excluding carboxylic acids is 2. The van der Waals surface area contributed by atoms with E-state index < -0.39 is 0 Å². The molecule has 0 bridgehead atoms. The molecule has 1 N–H and O–H groups in total. The van der Waals surface area contributed by atoms with E-state index in [4.69, 9.17) is 4.74 Å². The van der Waals surface area contributed by atoms with Gasteiger partial charge in [-0.05, 0) is 40.2 Å². The van der Waals surface area contributed by atoms with E-state index in [2.05, 4.69) is 21.2 Å². The van der Waals surface area contributed by atoms with Gasteiger partial charge in [0.2, 0.25) is 11.8 Å². The van der Waals surface area contributed by atoms with Crippen molar-refractivity contribution in [1.82, 2.24) is 0 Å². The summed E-state index contributed by atoms with van der Waals surface area (Å²) in [7, 11) is 1.55. The number of amides is 2. The molecule has 0 heterocycles. The van der Waals surface area contributed by atoms with Crippen LogP contribution in [0.4, 0.5) is 11.4 Å². The first-order chi connectivity index (χ1) is 11.0. The fourth-order valence-electron chi connectivity index (χ4n) is 2.06. The van der Waals surface area contributed by atoms with E-state index in [1.807, 2.05) is 18.2 Å². The van der Waals surface area contributed by atoms with Gasteiger partial charge < -0.3 is 15.0 Å². The third-order valence-corrected chi connectivity index (χ3v) is 3.89. The SMILES string of the molecule is COc1cccc(N(CC(=O)Nc2ccccc2Br)C(C)=O)c1. The van der Waals surface area contributed by atoms with Crippen LogP contribution in [0, 0.1) is 0 Å².